The fraction of sp³-hybridized carbons (Fsp3) is 0.368. The van der Waals surface area contributed by atoms with Gasteiger partial charge < -0.3 is 5.32 Å². The van der Waals surface area contributed by atoms with Crippen LogP contribution in [0.4, 0.5) is 5.13 Å². The van der Waals surface area contributed by atoms with Crippen molar-refractivity contribution in [3.05, 3.63) is 48.1 Å². The minimum absolute atomic E-state index is 0.0585. The molecule has 4 rings (SSSR count). The van der Waals surface area contributed by atoms with Crippen LogP contribution in [0.25, 0.3) is 0 Å². The maximum absolute atomic E-state index is 12.1. The van der Waals surface area contributed by atoms with E-state index in [1.165, 1.54) is 29.0 Å². The Bertz CT molecular complexity index is 859. The van der Waals surface area contributed by atoms with Gasteiger partial charge in [0.15, 0.2) is 5.13 Å². The Balaban J connectivity index is 1.29. The molecule has 2 aliphatic rings. The molecule has 1 fully saturated rings. The molecule has 1 aliphatic heterocycles. The van der Waals surface area contributed by atoms with E-state index in [0.29, 0.717) is 17.5 Å². The number of rotatable bonds is 7. The topological polar surface area (TPSA) is 67.2 Å². The number of nitrogens with zero attached hydrogens (tertiary/aromatic N) is 3. The van der Waals surface area contributed by atoms with Crippen molar-refractivity contribution >= 4 is 39.8 Å². The van der Waals surface area contributed by atoms with Crippen LogP contribution in [0, 0.1) is 11.8 Å². The van der Waals surface area contributed by atoms with E-state index in [1.807, 2.05) is 18.3 Å². The van der Waals surface area contributed by atoms with Crippen LogP contribution in [0.5, 0.6) is 0 Å². The predicted molar refractivity (Wildman–Crippen MR) is 107 cm³/mol. The number of aliphatic imine (C=N–C) groups is 1. The second-order valence-corrected chi connectivity index (χ2v) is 8.79. The van der Waals surface area contributed by atoms with Gasteiger partial charge in [0.2, 0.25) is 5.91 Å². The quantitative estimate of drug-likeness (QED) is 0.727. The van der Waals surface area contributed by atoms with Crippen molar-refractivity contribution < 1.29 is 4.79 Å². The standard InChI is InChI=1S/C19H20N4OS2/c1-2-13-9-21-16(15-8-14(13)15)11-25-18-10-22-19(26-18)23-17(24)7-12-3-5-20-6-4-12/h3-6,9-10,14-15H,2,7-8,11H2,1H3,(H,22,23,24). The second-order valence-electron chi connectivity index (χ2n) is 6.48. The van der Waals surface area contributed by atoms with Crippen molar-refractivity contribution in [1.82, 2.24) is 9.97 Å². The maximum Gasteiger partial charge on any atom is 0.230 e. The van der Waals surface area contributed by atoms with Crippen molar-refractivity contribution in [3.8, 4) is 0 Å². The van der Waals surface area contributed by atoms with Crippen molar-refractivity contribution in [1.29, 1.82) is 0 Å². The molecule has 0 spiro atoms. The van der Waals surface area contributed by atoms with Crippen LogP contribution < -0.4 is 5.32 Å². The lowest BCUT2D eigenvalue weighted by Gasteiger charge is -2.10. The van der Waals surface area contributed by atoms with Crippen molar-refractivity contribution in [3.63, 3.8) is 0 Å². The van der Waals surface area contributed by atoms with Gasteiger partial charge in [0.25, 0.3) is 0 Å². The average Bonchev–Trinajstić information content (AvgIpc) is 3.34. The van der Waals surface area contributed by atoms with E-state index < -0.39 is 0 Å². The fourth-order valence-corrected chi connectivity index (χ4v) is 5.13. The predicted octanol–water partition coefficient (Wildman–Crippen LogP) is 4.20. The Morgan fingerprint density at radius 1 is 1.35 bits per heavy atom. The molecule has 1 aliphatic carbocycles. The van der Waals surface area contributed by atoms with E-state index in [9.17, 15) is 4.79 Å². The number of pyridine rings is 1. The van der Waals surface area contributed by atoms with Gasteiger partial charge in [-0.2, -0.15) is 0 Å². The van der Waals surface area contributed by atoms with E-state index in [4.69, 9.17) is 0 Å². The summed E-state index contributed by atoms with van der Waals surface area (Å²) in [6, 6.07) is 3.69. The molecule has 1 amide bonds. The monoisotopic (exact) mass is 384 g/mol. The van der Waals surface area contributed by atoms with Crippen LogP contribution in [0.3, 0.4) is 0 Å². The maximum atomic E-state index is 12.1. The molecule has 0 saturated heterocycles. The van der Waals surface area contributed by atoms with Gasteiger partial charge in [-0.3, -0.25) is 14.8 Å². The minimum atomic E-state index is -0.0585. The first-order valence-electron chi connectivity index (χ1n) is 8.76. The Labute approximate surface area is 161 Å². The van der Waals surface area contributed by atoms with E-state index in [1.54, 1.807) is 24.2 Å². The van der Waals surface area contributed by atoms with Gasteiger partial charge in [-0.05, 0) is 42.0 Å². The normalized spacial score (nSPS) is 20.8. The molecule has 26 heavy (non-hydrogen) atoms. The molecule has 3 heterocycles. The number of fused-ring (bicyclic) bond motifs is 1. The highest BCUT2D eigenvalue weighted by molar-refractivity contribution is 8.01. The number of carbonyl (C=O) groups is 1. The largest absolute Gasteiger partial charge is 0.302 e. The summed E-state index contributed by atoms with van der Waals surface area (Å²) in [4.78, 5) is 25.0. The molecule has 2 aromatic rings. The molecule has 0 bridgehead atoms. The van der Waals surface area contributed by atoms with E-state index in [2.05, 4.69) is 33.4 Å². The van der Waals surface area contributed by atoms with Gasteiger partial charge in [-0.1, -0.05) is 18.3 Å². The summed E-state index contributed by atoms with van der Waals surface area (Å²) in [6.07, 6.45) is 9.99. The number of anilines is 1. The number of thioether (sulfide) groups is 1. The third kappa shape index (κ3) is 4.04. The highest BCUT2D eigenvalue weighted by Gasteiger charge is 2.44. The molecule has 2 aromatic heterocycles. The molecule has 2 unspecified atom stereocenters. The van der Waals surface area contributed by atoms with Crippen molar-refractivity contribution in [2.45, 2.75) is 30.4 Å². The second kappa shape index (κ2) is 7.72. The number of aromatic nitrogens is 2. The summed E-state index contributed by atoms with van der Waals surface area (Å²) < 4.78 is 1.11. The van der Waals surface area contributed by atoms with Crippen LogP contribution in [-0.4, -0.2) is 27.3 Å². The van der Waals surface area contributed by atoms with E-state index in [-0.39, 0.29) is 5.91 Å². The fourth-order valence-electron chi connectivity index (χ4n) is 3.21. The molecule has 0 radical (unpaired) electrons. The SMILES string of the molecule is CCC1=CN=C(CSc2cnc(NC(=O)Cc3ccncc3)s2)C2CC12. The lowest BCUT2D eigenvalue weighted by molar-refractivity contribution is -0.115. The zero-order valence-electron chi connectivity index (χ0n) is 14.5. The molecule has 1 N–H and O–H groups in total. The molecule has 134 valence electrons. The molecule has 5 nitrogen and oxygen atoms in total. The zero-order chi connectivity index (χ0) is 17.9. The highest BCUT2D eigenvalue weighted by atomic mass is 32.2. The zero-order valence-corrected chi connectivity index (χ0v) is 16.1. The van der Waals surface area contributed by atoms with Gasteiger partial charge in [0, 0.05) is 36.0 Å². The van der Waals surface area contributed by atoms with E-state index >= 15 is 0 Å². The number of allylic oxidation sites excluding steroid dienone is 1. The number of hydrogen-bond acceptors (Lipinski definition) is 6. The van der Waals surface area contributed by atoms with Crippen LogP contribution >= 0.6 is 23.1 Å². The lowest BCUT2D eigenvalue weighted by Crippen LogP contribution is -2.14. The third-order valence-corrected chi connectivity index (χ3v) is 6.85. The molecular weight excluding hydrogens is 364 g/mol. The van der Waals surface area contributed by atoms with Crippen LogP contribution in [0.15, 0.2) is 51.7 Å². The lowest BCUT2D eigenvalue weighted by atomic mass is 10.0. The first-order valence-corrected chi connectivity index (χ1v) is 10.6. The number of nitrogens with one attached hydrogen (secondary N) is 1. The summed E-state index contributed by atoms with van der Waals surface area (Å²) in [7, 11) is 0. The Morgan fingerprint density at radius 3 is 3.00 bits per heavy atom. The molecule has 1 saturated carbocycles. The number of thiazole rings is 1. The van der Waals surface area contributed by atoms with Crippen molar-refractivity contribution in [2.24, 2.45) is 16.8 Å². The van der Waals surface area contributed by atoms with Crippen LogP contribution in [-0.2, 0) is 11.2 Å². The number of amides is 1. The molecule has 7 heteroatoms. The first kappa shape index (κ1) is 17.4. The highest BCUT2D eigenvalue weighted by Crippen LogP contribution is 2.49. The smallest absolute Gasteiger partial charge is 0.230 e. The molecule has 0 aromatic carbocycles. The van der Waals surface area contributed by atoms with Gasteiger partial charge in [0.1, 0.15) is 0 Å². The third-order valence-electron chi connectivity index (χ3n) is 4.71. The molecular formula is C19H20N4OS2. The Hall–Kier alpha value is -1.99. The van der Waals surface area contributed by atoms with Gasteiger partial charge in [0.05, 0.1) is 16.8 Å². The van der Waals surface area contributed by atoms with E-state index in [0.717, 1.165) is 27.9 Å². The molecule has 2 atom stereocenters. The van der Waals surface area contributed by atoms with Crippen molar-refractivity contribution in [2.75, 3.05) is 11.1 Å². The van der Waals surface area contributed by atoms with Crippen LogP contribution in [0.2, 0.25) is 0 Å². The van der Waals surface area contributed by atoms with Gasteiger partial charge >= 0.3 is 0 Å². The minimum Gasteiger partial charge on any atom is -0.302 e. The van der Waals surface area contributed by atoms with Gasteiger partial charge in [-0.15, -0.1) is 11.8 Å². The van der Waals surface area contributed by atoms with Crippen LogP contribution in [0.1, 0.15) is 25.3 Å². The Kier molecular flexibility index (Phi) is 5.17. The number of hydrogen-bond donors (Lipinski definition) is 1. The number of carbonyl (C=O) groups excluding carboxylic acids is 1. The summed E-state index contributed by atoms with van der Waals surface area (Å²) in [5.74, 6) is 2.26. The first-order chi connectivity index (χ1) is 12.7. The summed E-state index contributed by atoms with van der Waals surface area (Å²) in [5, 5.41) is 3.52. The van der Waals surface area contributed by atoms with Gasteiger partial charge in [-0.25, -0.2) is 4.98 Å². The summed E-state index contributed by atoms with van der Waals surface area (Å²) >= 11 is 3.27. The average molecular weight is 385 g/mol. The summed E-state index contributed by atoms with van der Waals surface area (Å²) in [6.45, 7) is 2.21. The summed E-state index contributed by atoms with van der Waals surface area (Å²) in [5.41, 5.74) is 3.74. The Morgan fingerprint density at radius 2 is 2.19 bits per heavy atom.